The third-order valence-corrected chi connectivity index (χ3v) is 3.15. The van der Waals surface area contributed by atoms with E-state index in [2.05, 4.69) is 17.9 Å². The predicted octanol–water partition coefficient (Wildman–Crippen LogP) is 0.920. The van der Waals surface area contributed by atoms with E-state index in [0.717, 1.165) is 0 Å². The standard InChI is InChI=1S/C12H21NO4S/c1-7-4-10(5-8(2)16-7)17-12(15)11(6-18)13-9(3)14/h7-8,10-11,18H,4-6H2,1-3H3,(H,13,14). The van der Waals surface area contributed by atoms with Gasteiger partial charge in [-0.2, -0.15) is 12.6 Å². The summed E-state index contributed by atoms with van der Waals surface area (Å²) in [7, 11) is 0. The Morgan fingerprint density at radius 3 is 2.39 bits per heavy atom. The van der Waals surface area contributed by atoms with Crippen LogP contribution >= 0.6 is 12.6 Å². The largest absolute Gasteiger partial charge is 0.461 e. The molecular weight excluding hydrogens is 254 g/mol. The zero-order valence-electron chi connectivity index (χ0n) is 11.0. The van der Waals surface area contributed by atoms with Crippen molar-refractivity contribution in [1.29, 1.82) is 0 Å². The lowest BCUT2D eigenvalue weighted by Gasteiger charge is -2.32. The van der Waals surface area contributed by atoms with Crippen LogP contribution in [0.25, 0.3) is 0 Å². The lowest BCUT2D eigenvalue weighted by molar-refractivity contribution is -0.162. The smallest absolute Gasteiger partial charge is 0.329 e. The van der Waals surface area contributed by atoms with Crippen LogP contribution in [-0.4, -0.2) is 42.0 Å². The minimum absolute atomic E-state index is 0.0850. The molecule has 3 atom stereocenters. The van der Waals surface area contributed by atoms with Gasteiger partial charge < -0.3 is 14.8 Å². The zero-order chi connectivity index (χ0) is 13.7. The van der Waals surface area contributed by atoms with E-state index in [9.17, 15) is 9.59 Å². The van der Waals surface area contributed by atoms with E-state index in [1.54, 1.807) is 0 Å². The zero-order valence-corrected chi connectivity index (χ0v) is 11.9. The molecule has 5 nitrogen and oxygen atoms in total. The Morgan fingerprint density at radius 2 is 1.94 bits per heavy atom. The molecular formula is C12H21NO4S. The number of ether oxygens (including phenoxy) is 2. The van der Waals surface area contributed by atoms with Gasteiger partial charge in [0.25, 0.3) is 0 Å². The number of nitrogens with one attached hydrogen (secondary N) is 1. The molecule has 0 radical (unpaired) electrons. The monoisotopic (exact) mass is 275 g/mol. The Balaban J connectivity index is 2.49. The molecule has 0 aromatic rings. The fraction of sp³-hybridized carbons (Fsp3) is 0.833. The molecule has 0 spiro atoms. The first kappa shape index (κ1) is 15.3. The van der Waals surface area contributed by atoms with Crippen LogP contribution in [0.2, 0.25) is 0 Å². The van der Waals surface area contributed by atoms with Gasteiger partial charge in [-0.15, -0.1) is 0 Å². The first-order valence-electron chi connectivity index (χ1n) is 6.16. The number of carbonyl (C=O) groups excluding carboxylic acids is 2. The van der Waals surface area contributed by atoms with Crippen LogP contribution in [0.15, 0.2) is 0 Å². The van der Waals surface area contributed by atoms with E-state index >= 15 is 0 Å². The number of rotatable bonds is 4. The third kappa shape index (κ3) is 4.86. The number of amides is 1. The van der Waals surface area contributed by atoms with Gasteiger partial charge in [0.15, 0.2) is 0 Å². The topological polar surface area (TPSA) is 64.6 Å². The van der Waals surface area contributed by atoms with Crippen molar-refractivity contribution >= 4 is 24.5 Å². The summed E-state index contributed by atoms with van der Waals surface area (Å²) in [5, 5.41) is 2.52. The van der Waals surface area contributed by atoms with Crippen molar-refractivity contribution in [2.24, 2.45) is 0 Å². The van der Waals surface area contributed by atoms with Crippen molar-refractivity contribution in [2.45, 2.75) is 58.0 Å². The molecule has 1 aliphatic heterocycles. The molecule has 18 heavy (non-hydrogen) atoms. The van der Waals surface area contributed by atoms with Crippen LogP contribution in [0.1, 0.15) is 33.6 Å². The summed E-state index contributed by atoms with van der Waals surface area (Å²) in [6.45, 7) is 5.28. The molecule has 3 unspecified atom stereocenters. The van der Waals surface area contributed by atoms with Crippen LogP contribution in [-0.2, 0) is 19.1 Å². The number of hydrogen-bond acceptors (Lipinski definition) is 5. The number of thiol groups is 1. The van der Waals surface area contributed by atoms with E-state index in [1.165, 1.54) is 6.92 Å². The quantitative estimate of drug-likeness (QED) is 0.591. The molecule has 1 aliphatic rings. The lowest BCUT2D eigenvalue weighted by atomic mass is 10.0. The molecule has 0 aromatic heterocycles. The van der Waals surface area contributed by atoms with E-state index in [1.807, 2.05) is 13.8 Å². The minimum Gasteiger partial charge on any atom is -0.461 e. The molecule has 6 heteroatoms. The highest BCUT2D eigenvalue weighted by Gasteiger charge is 2.29. The fourth-order valence-corrected chi connectivity index (χ4v) is 2.35. The Hall–Kier alpha value is -0.750. The Morgan fingerprint density at radius 1 is 1.39 bits per heavy atom. The van der Waals surface area contributed by atoms with E-state index < -0.39 is 12.0 Å². The van der Waals surface area contributed by atoms with Gasteiger partial charge in [0.2, 0.25) is 5.91 Å². The predicted molar refractivity (Wildman–Crippen MR) is 70.6 cm³/mol. The van der Waals surface area contributed by atoms with Gasteiger partial charge in [0.1, 0.15) is 12.1 Å². The van der Waals surface area contributed by atoms with Crippen molar-refractivity contribution in [3.05, 3.63) is 0 Å². The molecule has 0 saturated carbocycles. The highest BCUT2D eigenvalue weighted by atomic mass is 32.1. The van der Waals surface area contributed by atoms with Crippen LogP contribution in [0.5, 0.6) is 0 Å². The van der Waals surface area contributed by atoms with Crippen molar-refractivity contribution in [3.8, 4) is 0 Å². The maximum Gasteiger partial charge on any atom is 0.329 e. The third-order valence-electron chi connectivity index (χ3n) is 2.78. The number of carbonyl (C=O) groups is 2. The van der Waals surface area contributed by atoms with E-state index in [0.29, 0.717) is 12.8 Å². The normalized spacial score (nSPS) is 29.4. The molecule has 1 heterocycles. The van der Waals surface area contributed by atoms with Crippen molar-refractivity contribution in [2.75, 3.05) is 5.75 Å². The van der Waals surface area contributed by atoms with Gasteiger partial charge in [-0.3, -0.25) is 4.79 Å². The summed E-state index contributed by atoms with van der Waals surface area (Å²) >= 11 is 4.04. The van der Waals surface area contributed by atoms with Crippen molar-refractivity contribution in [1.82, 2.24) is 5.32 Å². The van der Waals surface area contributed by atoms with Gasteiger partial charge in [0, 0.05) is 25.5 Å². The highest BCUT2D eigenvalue weighted by molar-refractivity contribution is 7.80. The second-order valence-electron chi connectivity index (χ2n) is 4.72. The fourth-order valence-electron chi connectivity index (χ4n) is 2.11. The van der Waals surface area contributed by atoms with Crippen LogP contribution in [0, 0.1) is 0 Å². The first-order chi connectivity index (χ1) is 8.42. The summed E-state index contributed by atoms with van der Waals surface area (Å²) in [5.74, 6) is -0.460. The van der Waals surface area contributed by atoms with Gasteiger partial charge in [-0.1, -0.05) is 0 Å². The summed E-state index contributed by atoms with van der Waals surface area (Å²) in [4.78, 5) is 22.8. The average molecular weight is 275 g/mol. The second-order valence-corrected chi connectivity index (χ2v) is 5.09. The van der Waals surface area contributed by atoms with Crippen LogP contribution in [0.3, 0.4) is 0 Å². The number of esters is 1. The minimum atomic E-state index is -0.681. The number of hydrogen-bond donors (Lipinski definition) is 2. The van der Waals surface area contributed by atoms with Gasteiger partial charge in [-0.25, -0.2) is 4.79 Å². The average Bonchev–Trinajstić information content (AvgIpc) is 2.23. The van der Waals surface area contributed by atoms with Gasteiger partial charge in [0.05, 0.1) is 12.2 Å². The van der Waals surface area contributed by atoms with Crippen molar-refractivity contribution < 1.29 is 19.1 Å². The van der Waals surface area contributed by atoms with Gasteiger partial charge in [-0.05, 0) is 13.8 Å². The van der Waals surface area contributed by atoms with Crippen LogP contribution in [0.4, 0.5) is 0 Å². The Labute approximate surface area is 113 Å². The summed E-state index contributed by atoms with van der Waals surface area (Å²) < 4.78 is 11.0. The molecule has 0 aromatic carbocycles. The summed E-state index contributed by atoms with van der Waals surface area (Å²) in [6.07, 6.45) is 1.40. The molecule has 1 rings (SSSR count). The molecule has 1 N–H and O–H groups in total. The first-order valence-corrected chi connectivity index (χ1v) is 6.79. The SMILES string of the molecule is CC(=O)NC(CS)C(=O)OC1CC(C)OC(C)C1. The second kappa shape index (κ2) is 6.99. The highest BCUT2D eigenvalue weighted by Crippen LogP contribution is 2.22. The van der Waals surface area contributed by atoms with Gasteiger partial charge >= 0.3 is 5.97 Å². The molecule has 1 fully saturated rings. The molecule has 0 aliphatic carbocycles. The van der Waals surface area contributed by atoms with E-state index in [-0.39, 0.29) is 30.0 Å². The summed E-state index contributed by atoms with van der Waals surface area (Å²) in [6, 6.07) is -0.681. The van der Waals surface area contributed by atoms with Crippen LogP contribution < -0.4 is 5.32 Å². The van der Waals surface area contributed by atoms with Crippen molar-refractivity contribution in [3.63, 3.8) is 0 Å². The molecule has 104 valence electrons. The maximum absolute atomic E-state index is 11.9. The summed E-state index contributed by atoms with van der Waals surface area (Å²) in [5.41, 5.74) is 0. The lowest BCUT2D eigenvalue weighted by Crippen LogP contribution is -2.45. The van der Waals surface area contributed by atoms with E-state index in [4.69, 9.17) is 9.47 Å². The molecule has 1 saturated heterocycles. The Bertz CT molecular complexity index is 300. The Kier molecular flexibility index (Phi) is 5.95. The maximum atomic E-state index is 11.9. The molecule has 0 bridgehead atoms. The molecule has 1 amide bonds.